The monoisotopic (exact) mass is 1310 g/mol. The summed E-state index contributed by atoms with van der Waals surface area (Å²) in [5, 5.41) is 10.6. The summed E-state index contributed by atoms with van der Waals surface area (Å²) in [6, 6.07) is 0. The standard InChI is InChI=1S/C70H136O17P2/c1-7-9-11-13-15-17-21-30-36-42-48-54-69(74)86-65(58-80-67(72)52-46-40-34-26-16-14-12-10-8-2)60-84-88(76,77)82-56-64(71)57-83-89(78,79)85-61-66(59-81-68(73)53-47-41-35-29-25-20-23-28-33-39-45-51-63(5)6)87-70(75)55-49-43-37-31-24-19-18-22-27-32-38-44-50-62(3)4/h62-66,71H,7-61H2,1-6H3,(H,76,77)(H,78,79)/t64-,65+,66+/m0/s1. The van der Waals surface area contributed by atoms with E-state index in [1.807, 2.05) is 0 Å². The molecule has 0 aliphatic rings. The first-order valence-electron chi connectivity index (χ1n) is 36.5. The van der Waals surface area contributed by atoms with Gasteiger partial charge >= 0.3 is 39.5 Å². The van der Waals surface area contributed by atoms with Crippen molar-refractivity contribution in [2.45, 2.75) is 374 Å². The molecule has 0 rings (SSSR count). The van der Waals surface area contributed by atoms with Gasteiger partial charge in [-0.3, -0.25) is 37.3 Å². The highest BCUT2D eigenvalue weighted by Gasteiger charge is 2.30. The van der Waals surface area contributed by atoms with E-state index in [1.54, 1.807) is 0 Å². The van der Waals surface area contributed by atoms with E-state index in [-0.39, 0.29) is 25.7 Å². The second-order valence-corrected chi connectivity index (χ2v) is 29.1. The van der Waals surface area contributed by atoms with Crippen molar-refractivity contribution < 1.29 is 80.2 Å². The third-order valence-corrected chi connectivity index (χ3v) is 18.1. The Hall–Kier alpha value is -1.94. The SMILES string of the molecule is CCCCCCCCCCCCCC(=O)O[C@H](COC(=O)CCCCCCCCCCC)COP(=O)(O)OC[C@H](O)COP(=O)(O)OC[C@@H](COC(=O)CCCCCCCCCCCCCC(C)C)OC(=O)CCCCCCCCCCCCCCC(C)C. The Morgan fingerprint density at radius 2 is 0.517 bits per heavy atom. The topological polar surface area (TPSA) is 237 Å². The molecular formula is C70H136O17P2. The molecular weight excluding hydrogens is 1170 g/mol. The van der Waals surface area contributed by atoms with Crippen molar-refractivity contribution >= 4 is 39.5 Å². The molecule has 0 radical (unpaired) electrons. The van der Waals surface area contributed by atoms with E-state index < -0.39 is 97.5 Å². The molecule has 0 heterocycles. The molecule has 0 aromatic carbocycles. The fourth-order valence-corrected chi connectivity index (χ4v) is 12.2. The Morgan fingerprint density at radius 1 is 0.303 bits per heavy atom. The molecule has 0 aromatic rings. The highest BCUT2D eigenvalue weighted by atomic mass is 31.2. The lowest BCUT2D eigenvalue weighted by Crippen LogP contribution is -2.30. The quantitative estimate of drug-likeness (QED) is 0.0222. The minimum absolute atomic E-state index is 0.107. The van der Waals surface area contributed by atoms with Gasteiger partial charge in [-0.05, 0) is 37.5 Å². The van der Waals surface area contributed by atoms with Gasteiger partial charge < -0.3 is 33.8 Å². The molecule has 2 unspecified atom stereocenters. The molecule has 3 N–H and O–H groups in total. The Labute approximate surface area is 543 Å². The van der Waals surface area contributed by atoms with Crippen molar-refractivity contribution in [1.82, 2.24) is 0 Å². The first-order chi connectivity index (χ1) is 42.9. The van der Waals surface area contributed by atoms with Gasteiger partial charge in [0.2, 0.25) is 0 Å². The largest absolute Gasteiger partial charge is 0.472 e. The van der Waals surface area contributed by atoms with Gasteiger partial charge in [0.25, 0.3) is 0 Å². The maximum absolute atomic E-state index is 13.0. The lowest BCUT2D eigenvalue weighted by molar-refractivity contribution is -0.161. The average Bonchev–Trinajstić information content (AvgIpc) is 3.58. The molecule has 5 atom stereocenters. The summed E-state index contributed by atoms with van der Waals surface area (Å²) in [4.78, 5) is 72.5. The number of aliphatic hydroxyl groups is 1. The van der Waals surface area contributed by atoms with Gasteiger partial charge in [0, 0.05) is 25.7 Å². The highest BCUT2D eigenvalue weighted by Crippen LogP contribution is 2.45. The van der Waals surface area contributed by atoms with Crippen LogP contribution in [0.3, 0.4) is 0 Å². The zero-order valence-corrected chi connectivity index (χ0v) is 59.5. The van der Waals surface area contributed by atoms with Crippen LogP contribution in [0.4, 0.5) is 0 Å². The fourth-order valence-electron chi connectivity index (χ4n) is 10.6. The molecule has 0 aliphatic carbocycles. The smallest absolute Gasteiger partial charge is 0.462 e. The maximum Gasteiger partial charge on any atom is 0.472 e. The number of carbonyl (C=O) groups excluding carboxylic acids is 4. The first-order valence-corrected chi connectivity index (χ1v) is 39.5. The number of hydrogen-bond donors (Lipinski definition) is 3. The van der Waals surface area contributed by atoms with Crippen molar-refractivity contribution in [1.29, 1.82) is 0 Å². The van der Waals surface area contributed by atoms with Gasteiger partial charge in [0.15, 0.2) is 12.2 Å². The molecule has 0 fully saturated rings. The number of aliphatic hydroxyl groups excluding tert-OH is 1. The maximum atomic E-state index is 13.0. The summed E-state index contributed by atoms with van der Waals surface area (Å²) in [5.41, 5.74) is 0. The Balaban J connectivity index is 5.24. The Kier molecular flexibility index (Phi) is 60.8. The van der Waals surface area contributed by atoms with E-state index in [0.717, 1.165) is 102 Å². The van der Waals surface area contributed by atoms with Gasteiger partial charge in [-0.2, -0.15) is 0 Å². The van der Waals surface area contributed by atoms with Gasteiger partial charge in [-0.25, -0.2) is 9.13 Å². The Morgan fingerprint density at radius 3 is 0.764 bits per heavy atom. The van der Waals surface area contributed by atoms with Crippen LogP contribution in [0, 0.1) is 11.8 Å². The van der Waals surface area contributed by atoms with Crippen molar-refractivity contribution in [3.05, 3.63) is 0 Å². The highest BCUT2D eigenvalue weighted by molar-refractivity contribution is 7.47. The zero-order chi connectivity index (χ0) is 65.7. The Bertz CT molecular complexity index is 1730. The average molecular weight is 1310 g/mol. The van der Waals surface area contributed by atoms with E-state index in [2.05, 4.69) is 41.5 Å². The van der Waals surface area contributed by atoms with Crippen molar-refractivity contribution in [2.75, 3.05) is 39.6 Å². The number of esters is 4. The van der Waals surface area contributed by atoms with Crippen LogP contribution in [0.15, 0.2) is 0 Å². The number of phosphoric ester groups is 2. The zero-order valence-electron chi connectivity index (χ0n) is 57.7. The van der Waals surface area contributed by atoms with E-state index >= 15 is 0 Å². The van der Waals surface area contributed by atoms with E-state index in [9.17, 15) is 43.2 Å². The first kappa shape index (κ1) is 87.1. The number of hydrogen-bond acceptors (Lipinski definition) is 15. The van der Waals surface area contributed by atoms with Crippen molar-refractivity contribution in [3.8, 4) is 0 Å². The molecule has 19 heteroatoms. The second-order valence-electron chi connectivity index (χ2n) is 26.2. The minimum Gasteiger partial charge on any atom is -0.462 e. The minimum atomic E-state index is -4.95. The van der Waals surface area contributed by atoms with Crippen LogP contribution in [0.2, 0.25) is 0 Å². The number of carbonyl (C=O) groups is 4. The summed E-state index contributed by atoms with van der Waals surface area (Å²) < 4.78 is 68.2. The molecule has 0 aromatic heterocycles. The van der Waals surface area contributed by atoms with Crippen LogP contribution in [-0.2, 0) is 65.4 Å². The predicted octanol–water partition coefficient (Wildman–Crippen LogP) is 20.0. The summed E-state index contributed by atoms with van der Waals surface area (Å²) in [7, 11) is -9.90. The van der Waals surface area contributed by atoms with Crippen molar-refractivity contribution in [2.24, 2.45) is 11.8 Å². The van der Waals surface area contributed by atoms with E-state index in [4.69, 9.17) is 37.0 Å². The molecule has 0 saturated heterocycles. The third kappa shape index (κ3) is 64.6. The van der Waals surface area contributed by atoms with E-state index in [1.165, 1.54) is 173 Å². The summed E-state index contributed by atoms with van der Waals surface area (Å²) in [5.74, 6) is -0.576. The van der Waals surface area contributed by atoms with Crippen LogP contribution < -0.4 is 0 Å². The second kappa shape index (κ2) is 62.2. The molecule has 0 spiro atoms. The van der Waals surface area contributed by atoms with E-state index in [0.29, 0.717) is 25.7 Å². The molecule has 17 nitrogen and oxygen atoms in total. The van der Waals surface area contributed by atoms with Gasteiger partial charge in [0.05, 0.1) is 26.4 Å². The molecule has 528 valence electrons. The summed E-state index contributed by atoms with van der Waals surface area (Å²) in [6.07, 6.45) is 47.1. The van der Waals surface area contributed by atoms with Gasteiger partial charge in [-0.15, -0.1) is 0 Å². The number of unbranched alkanes of at least 4 members (excludes halogenated alkanes) is 39. The van der Waals surface area contributed by atoms with Crippen LogP contribution in [0.25, 0.3) is 0 Å². The van der Waals surface area contributed by atoms with Crippen LogP contribution in [0.1, 0.15) is 356 Å². The fraction of sp³-hybridized carbons (Fsp3) is 0.943. The number of phosphoric acid groups is 2. The summed E-state index contributed by atoms with van der Waals surface area (Å²) in [6.45, 7) is 9.55. The van der Waals surface area contributed by atoms with Crippen molar-refractivity contribution in [3.63, 3.8) is 0 Å². The van der Waals surface area contributed by atoms with Gasteiger partial charge in [-0.1, -0.05) is 305 Å². The normalized spacial score (nSPS) is 14.1. The molecule has 0 aliphatic heterocycles. The molecule has 0 amide bonds. The van der Waals surface area contributed by atoms with Gasteiger partial charge in [0.1, 0.15) is 19.3 Å². The predicted molar refractivity (Wildman–Crippen MR) is 358 cm³/mol. The molecule has 89 heavy (non-hydrogen) atoms. The van der Waals surface area contributed by atoms with Crippen LogP contribution >= 0.6 is 15.6 Å². The van der Waals surface area contributed by atoms with Crippen LogP contribution in [-0.4, -0.2) is 96.7 Å². The molecule has 0 bridgehead atoms. The summed E-state index contributed by atoms with van der Waals surface area (Å²) >= 11 is 0. The number of rotatable bonds is 69. The molecule has 0 saturated carbocycles. The number of ether oxygens (including phenoxy) is 4. The lowest BCUT2D eigenvalue weighted by Gasteiger charge is -2.21. The lowest BCUT2D eigenvalue weighted by atomic mass is 10.0. The third-order valence-electron chi connectivity index (χ3n) is 16.2. The van der Waals surface area contributed by atoms with Crippen LogP contribution in [0.5, 0.6) is 0 Å².